The normalized spacial score (nSPS) is 26.9. The van der Waals surface area contributed by atoms with E-state index in [2.05, 4.69) is 5.16 Å². The van der Waals surface area contributed by atoms with E-state index >= 15 is 0 Å². The van der Waals surface area contributed by atoms with Gasteiger partial charge in [0, 0.05) is 19.7 Å². The number of hydrogen-bond donors (Lipinski definition) is 3. The maximum atomic E-state index is 12.7. The number of aliphatic hydroxyl groups is 1. The standard InChI is InChI=1S/C13H23N3O3/c14-11(15-19)13(5-1-2-6-13)12(18)16-7-3-10(9-16)4-8-17/h10,17,19H,1-9H2,(H2,14,15). The molecule has 0 radical (unpaired) electrons. The van der Waals surface area contributed by atoms with Gasteiger partial charge in [-0.05, 0) is 31.6 Å². The number of carbonyl (C=O) groups excluding carboxylic acids is 1. The molecule has 6 nitrogen and oxygen atoms in total. The van der Waals surface area contributed by atoms with E-state index in [0.717, 1.165) is 25.7 Å². The van der Waals surface area contributed by atoms with E-state index in [1.54, 1.807) is 0 Å². The van der Waals surface area contributed by atoms with Crippen LogP contribution in [0.25, 0.3) is 0 Å². The van der Waals surface area contributed by atoms with Gasteiger partial charge >= 0.3 is 0 Å². The lowest BCUT2D eigenvalue weighted by molar-refractivity contribution is -0.137. The topological polar surface area (TPSA) is 99.2 Å². The lowest BCUT2D eigenvalue weighted by atomic mass is 9.83. The number of aliphatic hydroxyl groups excluding tert-OH is 1. The van der Waals surface area contributed by atoms with Crippen molar-refractivity contribution in [3.63, 3.8) is 0 Å². The molecule has 0 aromatic heterocycles. The molecule has 1 aliphatic carbocycles. The first-order valence-corrected chi connectivity index (χ1v) is 7.02. The van der Waals surface area contributed by atoms with Crippen LogP contribution in [-0.4, -0.2) is 46.7 Å². The van der Waals surface area contributed by atoms with Gasteiger partial charge in [-0.2, -0.15) is 0 Å². The molecular formula is C13H23N3O3. The molecule has 1 unspecified atom stereocenters. The van der Waals surface area contributed by atoms with E-state index in [1.165, 1.54) is 0 Å². The van der Waals surface area contributed by atoms with Crippen LogP contribution in [0.15, 0.2) is 5.16 Å². The molecule has 0 bridgehead atoms. The summed E-state index contributed by atoms with van der Waals surface area (Å²) in [5.74, 6) is 0.432. The average Bonchev–Trinajstić information content (AvgIpc) is 3.07. The molecule has 19 heavy (non-hydrogen) atoms. The van der Waals surface area contributed by atoms with Crippen LogP contribution in [0.3, 0.4) is 0 Å². The van der Waals surface area contributed by atoms with Gasteiger partial charge in [0.25, 0.3) is 0 Å². The highest BCUT2D eigenvalue weighted by molar-refractivity contribution is 6.07. The van der Waals surface area contributed by atoms with Gasteiger partial charge in [-0.1, -0.05) is 18.0 Å². The monoisotopic (exact) mass is 269 g/mol. The zero-order valence-electron chi connectivity index (χ0n) is 11.2. The molecule has 0 spiro atoms. The highest BCUT2D eigenvalue weighted by Gasteiger charge is 2.48. The second-order valence-corrected chi connectivity index (χ2v) is 5.69. The Bertz CT molecular complexity index is 364. The summed E-state index contributed by atoms with van der Waals surface area (Å²) in [5, 5.41) is 21.0. The number of nitrogens with zero attached hydrogens (tertiary/aromatic N) is 2. The molecule has 2 rings (SSSR count). The molecule has 1 amide bonds. The Balaban J connectivity index is 2.09. The van der Waals surface area contributed by atoms with Crippen LogP contribution in [0.1, 0.15) is 38.5 Å². The van der Waals surface area contributed by atoms with Crippen LogP contribution < -0.4 is 5.73 Å². The van der Waals surface area contributed by atoms with Gasteiger partial charge < -0.3 is 20.9 Å². The predicted molar refractivity (Wildman–Crippen MR) is 70.7 cm³/mol. The second-order valence-electron chi connectivity index (χ2n) is 5.69. The van der Waals surface area contributed by atoms with Crippen molar-refractivity contribution in [2.45, 2.75) is 38.5 Å². The highest BCUT2D eigenvalue weighted by atomic mass is 16.4. The molecule has 1 heterocycles. The molecule has 108 valence electrons. The van der Waals surface area contributed by atoms with Gasteiger partial charge in [0.2, 0.25) is 5.91 Å². The van der Waals surface area contributed by atoms with Gasteiger partial charge in [-0.25, -0.2) is 0 Å². The van der Waals surface area contributed by atoms with Gasteiger partial charge in [0.1, 0.15) is 5.41 Å². The molecular weight excluding hydrogens is 246 g/mol. The molecule has 2 fully saturated rings. The summed E-state index contributed by atoms with van der Waals surface area (Å²) < 4.78 is 0. The van der Waals surface area contributed by atoms with Crippen molar-refractivity contribution in [1.29, 1.82) is 0 Å². The van der Waals surface area contributed by atoms with Crippen molar-refractivity contribution in [1.82, 2.24) is 4.90 Å². The first kappa shape index (κ1) is 14.1. The fourth-order valence-electron chi connectivity index (χ4n) is 3.39. The van der Waals surface area contributed by atoms with Gasteiger partial charge in [-0.15, -0.1) is 0 Å². The molecule has 1 saturated carbocycles. The fraction of sp³-hybridized carbons (Fsp3) is 0.846. The van der Waals surface area contributed by atoms with Crippen molar-refractivity contribution in [3.8, 4) is 0 Å². The Hall–Kier alpha value is -1.30. The van der Waals surface area contributed by atoms with Gasteiger partial charge in [0.15, 0.2) is 5.84 Å². The summed E-state index contributed by atoms with van der Waals surface area (Å²) in [6, 6.07) is 0. The minimum atomic E-state index is -0.789. The van der Waals surface area contributed by atoms with E-state index in [4.69, 9.17) is 16.0 Å². The van der Waals surface area contributed by atoms with Crippen molar-refractivity contribution >= 4 is 11.7 Å². The zero-order valence-corrected chi connectivity index (χ0v) is 11.2. The Labute approximate surface area is 113 Å². The van der Waals surface area contributed by atoms with Crippen LogP contribution in [0.5, 0.6) is 0 Å². The van der Waals surface area contributed by atoms with Gasteiger partial charge in [-0.3, -0.25) is 4.79 Å². The number of amides is 1. The summed E-state index contributed by atoms with van der Waals surface area (Å²) in [5.41, 5.74) is 5.00. The van der Waals surface area contributed by atoms with E-state index < -0.39 is 5.41 Å². The Morgan fingerprint density at radius 2 is 2.11 bits per heavy atom. The van der Waals surface area contributed by atoms with Crippen LogP contribution in [-0.2, 0) is 4.79 Å². The third-order valence-electron chi connectivity index (χ3n) is 4.57. The van der Waals surface area contributed by atoms with Crippen LogP contribution in [0.2, 0.25) is 0 Å². The van der Waals surface area contributed by atoms with Crippen molar-refractivity contribution in [2.75, 3.05) is 19.7 Å². The van der Waals surface area contributed by atoms with E-state index in [9.17, 15) is 4.79 Å². The number of carbonyl (C=O) groups is 1. The molecule has 1 aliphatic heterocycles. The third-order valence-corrected chi connectivity index (χ3v) is 4.57. The molecule has 1 saturated heterocycles. The lowest BCUT2D eigenvalue weighted by Gasteiger charge is -2.31. The molecule has 4 N–H and O–H groups in total. The Morgan fingerprint density at radius 1 is 1.42 bits per heavy atom. The predicted octanol–water partition coefficient (Wildman–Crippen LogP) is 0.524. The minimum Gasteiger partial charge on any atom is -0.409 e. The maximum Gasteiger partial charge on any atom is 0.236 e. The molecule has 1 atom stereocenters. The highest BCUT2D eigenvalue weighted by Crippen LogP contribution is 2.41. The van der Waals surface area contributed by atoms with E-state index in [-0.39, 0.29) is 18.3 Å². The SMILES string of the molecule is NC(=NO)C1(C(=O)N2CCC(CCO)C2)CCCC1. The minimum absolute atomic E-state index is 0.000685. The van der Waals surface area contributed by atoms with E-state index in [0.29, 0.717) is 31.8 Å². The largest absolute Gasteiger partial charge is 0.409 e. The average molecular weight is 269 g/mol. The summed E-state index contributed by atoms with van der Waals surface area (Å²) in [7, 11) is 0. The lowest BCUT2D eigenvalue weighted by Crippen LogP contribution is -2.49. The number of amidine groups is 1. The number of rotatable bonds is 4. The van der Waals surface area contributed by atoms with Crippen molar-refractivity contribution < 1.29 is 15.1 Å². The van der Waals surface area contributed by atoms with Gasteiger partial charge in [0.05, 0.1) is 0 Å². The maximum absolute atomic E-state index is 12.7. The van der Waals surface area contributed by atoms with Crippen LogP contribution >= 0.6 is 0 Å². The number of nitrogens with two attached hydrogens (primary N) is 1. The van der Waals surface area contributed by atoms with Crippen molar-refractivity contribution in [3.05, 3.63) is 0 Å². The first-order chi connectivity index (χ1) is 9.14. The summed E-state index contributed by atoms with van der Waals surface area (Å²) in [4.78, 5) is 14.5. The molecule has 0 aromatic carbocycles. The summed E-state index contributed by atoms with van der Waals surface area (Å²) in [6.45, 7) is 1.56. The number of hydrogen-bond acceptors (Lipinski definition) is 4. The van der Waals surface area contributed by atoms with Crippen molar-refractivity contribution in [2.24, 2.45) is 22.2 Å². The zero-order chi connectivity index (χ0) is 13.9. The Morgan fingerprint density at radius 3 is 2.68 bits per heavy atom. The summed E-state index contributed by atoms with van der Waals surface area (Å²) in [6.07, 6.45) is 4.89. The quantitative estimate of drug-likeness (QED) is 0.300. The first-order valence-electron chi connectivity index (χ1n) is 7.02. The summed E-state index contributed by atoms with van der Waals surface area (Å²) >= 11 is 0. The smallest absolute Gasteiger partial charge is 0.236 e. The number of likely N-dealkylation sites (tertiary alicyclic amines) is 1. The third kappa shape index (κ3) is 2.54. The van der Waals surface area contributed by atoms with Crippen LogP contribution in [0, 0.1) is 11.3 Å². The number of oxime groups is 1. The molecule has 0 aromatic rings. The van der Waals surface area contributed by atoms with E-state index in [1.807, 2.05) is 4.90 Å². The molecule has 2 aliphatic rings. The van der Waals surface area contributed by atoms with Crippen LogP contribution in [0.4, 0.5) is 0 Å². The molecule has 6 heteroatoms. The fourth-order valence-corrected chi connectivity index (χ4v) is 3.39. The second kappa shape index (κ2) is 5.77. The Kier molecular flexibility index (Phi) is 4.29.